The molecule has 1 saturated heterocycles. The van der Waals surface area contributed by atoms with Crippen LogP contribution in [-0.4, -0.2) is 50.9 Å². The fourth-order valence-electron chi connectivity index (χ4n) is 3.27. The number of thiophene rings is 1. The fourth-order valence-corrected chi connectivity index (χ4v) is 5.29. The SMILES string of the molecule is O=C1COc2ccc(S(=O)(=O)NC3CCN(C(=O)c4cccs4)CC3)cc2N1. The summed E-state index contributed by atoms with van der Waals surface area (Å²) in [5, 5.41) is 4.47. The van der Waals surface area contributed by atoms with Crippen molar-refractivity contribution in [2.75, 3.05) is 25.0 Å². The predicted octanol–water partition coefficient (Wildman–Crippen LogP) is 1.66. The van der Waals surface area contributed by atoms with Gasteiger partial charge in [0.25, 0.3) is 11.8 Å². The molecule has 148 valence electrons. The molecule has 0 spiro atoms. The van der Waals surface area contributed by atoms with Crippen LogP contribution in [0.2, 0.25) is 0 Å². The van der Waals surface area contributed by atoms with E-state index >= 15 is 0 Å². The van der Waals surface area contributed by atoms with Crippen LogP contribution >= 0.6 is 11.3 Å². The number of hydrogen-bond acceptors (Lipinski definition) is 6. The van der Waals surface area contributed by atoms with Gasteiger partial charge in [0.05, 0.1) is 15.5 Å². The van der Waals surface area contributed by atoms with E-state index in [1.165, 1.54) is 29.5 Å². The first-order valence-electron chi connectivity index (χ1n) is 8.84. The van der Waals surface area contributed by atoms with Crippen LogP contribution in [-0.2, 0) is 14.8 Å². The Morgan fingerprint density at radius 3 is 2.75 bits per heavy atom. The zero-order chi connectivity index (χ0) is 19.7. The lowest BCUT2D eigenvalue weighted by Gasteiger charge is -2.32. The molecule has 3 heterocycles. The summed E-state index contributed by atoms with van der Waals surface area (Å²) < 4.78 is 33.4. The highest BCUT2D eigenvalue weighted by Crippen LogP contribution is 2.30. The van der Waals surface area contributed by atoms with Crippen LogP contribution in [0.5, 0.6) is 5.75 Å². The van der Waals surface area contributed by atoms with Gasteiger partial charge < -0.3 is 15.0 Å². The molecule has 2 aliphatic rings. The molecule has 8 nitrogen and oxygen atoms in total. The fraction of sp³-hybridized carbons (Fsp3) is 0.333. The van der Waals surface area contributed by atoms with Crippen molar-refractivity contribution in [1.82, 2.24) is 9.62 Å². The van der Waals surface area contributed by atoms with Gasteiger partial charge in [-0.3, -0.25) is 9.59 Å². The normalized spacial score (nSPS) is 17.6. The minimum absolute atomic E-state index is 0.0123. The molecule has 0 aliphatic carbocycles. The molecule has 0 saturated carbocycles. The summed E-state index contributed by atoms with van der Waals surface area (Å²) in [4.78, 5) is 26.3. The molecule has 0 radical (unpaired) electrons. The van der Waals surface area contributed by atoms with E-state index in [-0.39, 0.29) is 29.4 Å². The van der Waals surface area contributed by atoms with Crippen LogP contribution in [0.1, 0.15) is 22.5 Å². The molecule has 28 heavy (non-hydrogen) atoms. The van der Waals surface area contributed by atoms with Crippen molar-refractivity contribution in [2.45, 2.75) is 23.8 Å². The van der Waals surface area contributed by atoms with Gasteiger partial charge in [0.15, 0.2) is 6.61 Å². The Labute approximate surface area is 166 Å². The molecule has 0 bridgehead atoms. The van der Waals surface area contributed by atoms with Crippen molar-refractivity contribution in [3.05, 3.63) is 40.6 Å². The third kappa shape index (κ3) is 3.89. The van der Waals surface area contributed by atoms with Crippen molar-refractivity contribution in [1.29, 1.82) is 0 Å². The molecule has 2 aromatic rings. The standard InChI is InChI=1S/C18H19N3O5S2/c22-17-11-26-15-4-3-13(10-14(15)19-17)28(24,25)20-12-5-7-21(8-6-12)18(23)16-2-1-9-27-16/h1-4,9-10,12,20H,5-8,11H2,(H,19,22). The number of sulfonamides is 1. The van der Waals surface area contributed by atoms with Gasteiger partial charge in [-0.1, -0.05) is 6.07 Å². The third-order valence-corrected chi connectivity index (χ3v) is 7.11. The highest BCUT2D eigenvalue weighted by atomic mass is 32.2. The number of amides is 2. The van der Waals surface area contributed by atoms with Crippen molar-refractivity contribution < 1.29 is 22.7 Å². The Morgan fingerprint density at radius 1 is 1.25 bits per heavy atom. The first-order valence-corrected chi connectivity index (χ1v) is 11.2. The van der Waals surface area contributed by atoms with E-state index in [1.54, 1.807) is 11.0 Å². The summed E-state index contributed by atoms with van der Waals surface area (Å²) in [7, 11) is -3.75. The smallest absolute Gasteiger partial charge is 0.263 e. The first kappa shape index (κ1) is 18.9. The number of nitrogens with one attached hydrogen (secondary N) is 2. The number of nitrogens with zero attached hydrogens (tertiary/aromatic N) is 1. The van der Waals surface area contributed by atoms with Crippen LogP contribution in [0, 0.1) is 0 Å². The van der Waals surface area contributed by atoms with E-state index in [0.717, 1.165) is 0 Å². The van der Waals surface area contributed by atoms with E-state index < -0.39 is 10.0 Å². The number of anilines is 1. The van der Waals surface area contributed by atoms with Gasteiger partial charge in [-0.25, -0.2) is 13.1 Å². The maximum atomic E-state index is 12.7. The average molecular weight is 422 g/mol. The number of ether oxygens (including phenoxy) is 1. The molecule has 0 atom stereocenters. The minimum Gasteiger partial charge on any atom is -0.482 e. The van der Waals surface area contributed by atoms with Gasteiger partial charge in [0.2, 0.25) is 10.0 Å². The third-order valence-electron chi connectivity index (χ3n) is 4.73. The number of carbonyl (C=O) groups is 2. The Kier molecular flexibility index (Phi) is 5.09. The van der Waals surface area contributed by atoms with Crippen LogP contribution in [0.25, 0.3) is 0 Å². The van der Waals surface area contributed by atoms with Gasteiger partial charge in [0, 0.05) is 19.1 Å². The van der Waals surface area contributed by atoms with E-state index in [0.29, 0.717) is 42.2 Å². The second kappa shape index (κ2) is 7.53. The monoisotopic (exact) mass is 421 g/mol. The second-order valence-electron chi connectivity index (χ2n) is 6.66. The zero-order valence-electron chi connectivity index (χ0n) is 14.9. The number of likely N-dealkylation sites (tertiary alicyclic amines) is 1. The summed E-state index contributed by atoms with van der Waals surface area (Å²) in [5.74, 6) is 0.110. The highest BCUT2D eigenvalue weighted by molar-refractivity contribution is 7.89. The topological polar surface area (TPSA) is 105 Å². The summed E-state index contributed by atoms with van der Waals surface area (Å²) in [6.07, 6.45) is 1.09. The van der Waals surface area contributed by atoms with Crippen LogP contribution in [0.15, 0.2) is 40.6 Å². The maximum Gasteiger partial charge on any atom is 0.263 e. The first-order chi connectivity index (χ1) is 13.4. The molecular weight excluding hydrogens is 402 g/mol. The minimum atomic E-state index is -3.75. The average Bonchev–Trinajstić information content (AvgIpc) is 3.22. The number of rotatable bonds is 4. The lowest BCUT2D eigenvalue weighted by Crippen LogP contribution is -2.46. The Hall–Kier alpha value is -2.43. The molecule has 10 heteroatoms. The van der Waals surface area contributed by atoms with Gasteiger partial charge >= 0.3 is 0 Å². The number of hydrogen-bond donors (Lipinski definition) is 2. The number of carbonyl (C=O) groups excluding carboxylic acids is 2. The van der Waals surface area contributed by atoms with Crippen LogP contribution < -0.4 is 14.8 Å². The van der Waals surface area contributed by atoms with Crippen molar-refractivity contribution in [3.8, 4) is 5.75 Å². The molecule has 2 aliphatic heterocycles. The zero-order valence-corrected chi connectivity index (χ0v) is 16.5. The molecular formula is C18H19N3O5S2. The molecule has 1 aromatic heterocycles. The van der Waals surface area contributed by atoms with Gasteiger partial charge in [0.1, 0.15) is 5.75 Å². The molecule has 1 aromatic carbocycles. The second-order valence-corrected chi connectivity index (χ2v) is 9.32. The number of fused-ring (bicyclic) bond motifs is 1. The van der Waals surface area contributed by atoms with Crippen molar-refractivity contribution in [3.63, 3.8) is 0 Å². The van der Waals surface area contributed by atoms with Gasteiger partial charge in [-0.15, -0.1) is 11.3 Å². The van der Waals surface area contributed by atoms with Crippen LogP contribution in [0.3, 0.4) is 0 Å². The summed E-state index contributed by atoms with van der Waals surface area (Å²) in [6.45, 7) is 0.913. The molecule has 4 rings (SSSR count). The lowest BCUT2D eigenvalue weighted by molar-refractivity contribution is -0.118. The van der Waals surface area contributed by atoms with E-state index in [1.807, 2.05) is 11.4 Å². The largest absolute Gasteiger partial charge is 0.482 e. The van der Waals surface area contributed by atoms with E-state index in [9.17, 15) is 18.0 Å². The summed E-state index contributed by atoms with van der Waals surface area (Å²) in [6, 6.07) is 7.76. The summed E-state index contributed by atoms with van der Waals surface area (Å²) >= 11 is 1.40. The van der Waals surface area contributed by atoms with Gasteiger partial charge in [-0.2, -0.15) is 0 Å². The maximum absolute atomic E-state index is 12.7. The highest BCUT2D eigenvalue weighted by Gasteiger charge is 2.28. The molecule has 2 amide bonds. The van der Waals surface area contributed by atoms with Crippen molar-refractivity contribution in [2.24, 2.45) is 0 Å². The number of benzene rings is 1. The molecule has 2 N–H and O–H groups in total. The van der Waals surface area contributed by atoms with Crippen LogP contribution in [0.4, 0.5) is 5.69 Å². The Morgan fingerprint density at radius 2 is 2.04 bits per heavy atom. The molecule has 1 fully saturated rings. The van der Waals surface area contributed by atoms with Gasteiger partial charge in [-0.05, 0) is 42.5 Å². The quantitative estimate of drug-likeness (QED) is 0.781. The summed E-state index contributed by atoms with van der Waals surface area (Å²) in [5.41, 5.74) is 0.343. The number of piperidine rings is 1. The predicted molar refractivity (Wildman–Crippen MR) is 104 cm³/mol. The Bertz CT molecular complexity index is 996. The van der Waals surface area contributed by atoms with E-state index in [4.69, 9.17) is 4.74 Å². The Balaban J connectivity index is 1.40. The van der Waals surface area contributed by atoms with Crippen molar-refractivity contribution >= 4 is 38.9 Å². The van der Waals surface area contributed by atoms with E-state index in [2.05, 4.69) is 10.0 Å². The molecule has 0 unspecified atom stereocenters. The lowest BCUT2D eigenvalue weighted by atomic mass is 10.1.